The van der Waals surface area contributed by atoms with Crippen molar-refractivity contribution in [3.8, 4) is 0 Å². The molecule has 0 radical (unpaired) electrons. The first-order chi connectivity index (χ1) is 8.22. The van der Waals surface area contributed by atoms with Crippen molar-refractivity contribution in [3.05, 3.63) is 29.6 Å². The van der Waals surface area contributed by atoms with E-state index in [9.17, 15) is 4.79 Å². The van der Waals surface area contributed by atoms with Crippen LogP contribution in [0.25, 0.3) is 0 Å². The van der Waals surface area contributed by atoms with Crippen molar-refractivity contribution in [1.82, 2.24) is 9.88 Å². The fourth-order valence-electron chi connectivity index (χ4n) is 1.93. The minimum Gasteiger partial charge on any atom is -0.373 e. The van der Waals surface area contributed by atoms with Gasteiger partial charge < -0.3 is 15.4 Å². The monoisotopic (exact) mass is 235 g/mol. The Hall–Kier alpha value is -1.46. The number of carbonyl (C=O) groups is 1. The van der Waals surface area contributed by atoms with Gasteiger partial charge in [-0.1, -0.05) is 0 Å². The largest absolute Gasteiger partial charge is 0.373 e. The van der Waals surface area contributed by atoms with Crippen LogP contribution >= 0.6 is 0 Å². The van der Waals surface area contributed by atoms with Crippen molar-refractivity contribution in [2.75, 3.05) is 26.2 Å². The van der Waals surface area contributed by atoms with Crippen molar-refractivity contribution in [3.63, 3.8) is 0 Å². The average molecular weight is 235 g/mol. The molecule has 5 nitrogen and oxygen atoms in total. The number of hydrogen-bond acceptors (Lipinski definition) is 4. The van der Waals surface area contributed by atoms with Crippen molar-refractivity contribution >= 4 is 5.91 Å². The van der Waals surface area contributed by atoms with Crippen molar-refractivity contribution in [1.29, 1.82) is 0 Å². The van der Waals surface area contributed by atoms with Crippen LogP contribution in [-0.2, 0) is 4.74 Å². The molecule has 1 aliphatic heterocycles. The second kappa shape index (κ2) is 5.25. The summed E-state index contributed by atoms with van der Waals surface area (Å²) in [7, 11) is 0. The van der Waals surface area contributed by atoms with Gasteiger partial charge in [0.05, 0.1) is 18.3 Å². The van der Waals surface area contributed by atoms with Gasteiger partial charge in [-0.25, -0.2) is 0 Å². The third-order valence-corrected chi connectivity index (χ3v) is 2.93. The number of aryl methyl sites for hydroxylation is 1. The van der Waals surface area contributed by atoms with Crippen LogP contribution in [0.4, 0.5) is 0 Å². The molecule has 5 heteroatoms. The van der Waals surface area contributed by atoms with Gasteiger partial charge in [0.15, 0.2) is 0 Å². The molecule has 1 atom stereocenters. The van der Waals surface area contributed by atoms with Gasteiger partial charge in [0.2, 0.25) is 0 Å². The molecule has 1 aliphatic rings. The summed E-state index contributed by atoms with van der Waals surface area (Å²) in [4.78, 5) is 18.2. The van der Waals surface area contributed by atoms with E-state index in [1.54, 1.807) is 23.2 Å². The number of pyridine rings is 1. The smallest absolute Gasteiger partial charge is 0.255 e. The molecule has 17 heavy (non-hydrogen) atoms. The zero-order valence-electron chi connectivity index (χ0n) is 9.93. The Morgan fingerprint density at radius 2 is 2.53 bits per heavy atom. The Morgan fingerprint density at radius 1 is 1.71 bits per heavy atom. The first-order valence-electron chi connectivity index (χ1n) is 5.75. The lowest BCUT2D eigenvalue weighted by molar-refractivity contribution is -0.0168. The highest BCUT2D eigenvalue weighted by molar-refractivity contribution is 5.95. The number of morpholine rings is 1. The van der Waals surface area contributed by atoms with E-state index < -0.39 is 0 Å². The van der Waals surface area contributed by atoms with Gasteiger partial charge in [-0.15, -0.1) is 0 Å². The number of hydrogen-bond donors (Lipinski definition) is 1. The molecular weight excluding hydrogens is 218 g/mol. The van der Waals surface area contributed by atoms with E-state index >= 15 is 0 Å². The molecule has 0 aliphatic carbocycles. The van der Waals surface area contributed by atoms with Gasteiger partial charge in [-0.2, -0.15) is 0 Å². The van der Waals surface area contributed by atoms with Gasteiger partial charge in [0, 0.05) is 31.5 Å². The van der Waals surface area contributed by atoms with Gasteiger partial charge >= 0.3 is 0 Å². The lowest BCUT2D eigenvalue weighted by atomic mass is 10.1. The average Bonchev–Trinajstić information content (AvgIpc) is 2.38. The summed E-state index contributed by atoms with van der Waals surface area (Å²) in [5.74, 6) is 0.0114. The Balaban J connectivity index is 2.12. The van der Waals surface area contributed by atoms with Crippen LogP contribution < -0.4 is 5.73 Å². The van der Waals surface area contributed by atoms with Crippen molar-refractivity contribution < 1.29 is 9.53 Å². The minimum atomic E-state index is -0.0512. The molecule has 0 aromatic carbocycles. The van der Waals surface area contributed by atoms with Gasteiger partial charge in [0.25, 0.3) is 5.91 Å². The predicted octanol–water partition coefficient (Wildman–Crippen LogP) is 0.190. The second-order valence-corrected chi connectivity index (χ2v) is 4.12. The van der Waals surface area contributed by atoms with Crippen LogP contribution in [-0.4, -0.2) is 48.1 Å². The van der Waals surface area contributed by atoms with E-state index in [2.05, 4.69) is 4.98 Å². The molecule has 1 fully saturated rings. The highest BCUT2D eigenvalue weighted by atomic mass is 16.5. The molecule has 0 saturated carbocycles. The summed E-state index contributed by atoms with van der Waals surface area (Å²) in [5.41, 5.74) is 6.97. The van der Waals surface area contributed by atoms with E-state index in [0.717, 1.165) is 5.69 Å². The number of rotatable bonds is 2. The second-order valence-electron chi connectivity index (χ2n) is 4.12. The number of amides is 1. The van der Waals surface area contributed by atoms with Crippen LogP contribution in [0.15, 0.2) is 18.3 Å². The van der Waals surface area contributed by atoms with Gasteiger partial charge in [-0.3, -0.25) is 9.78 Å². The maximum atomic E-state index is 12.3. The molecule has 0 unspecified atom stereocenters. The molecule has 0 bridgehead atoms. The SMILES string of the molecule is Cc1ncccc1C(=O)N1CCO[C@H](CN)C1. The summed E-state index contributed by atoms with van der Waals surface area (Å²) in [6, 6.07) is 3.58. The fraction of sp³-hybridized carbons (Fsp3) is 0.500. The summed E-state index contributed by atoms with van der Waals surface area (Å²) in [6.07, 6.45) is 1.64. The number of nitrogens with zero attached hydrogens (tertiary/aromatic N) is 2. The Labute approximate surface area is 101 Å². The van der Waals surface area contributed by atoms with Crippen LogP contribution in [0.2, 0.25) is 0 Å². The molecule has 1 aromatic rings. The third-order valence-electron chi connectivity index (χ3n) is 2.93. The fourth-order valence-corrected chi connectivity index (χ4v) is 1.93. The van der Waals surface area contributed by atoms with E-state index in [4.69, 9.17) is 10.5 Å². The van der Waals surface area contributed by atoms with E-state index in [0.29, 0.717) is 31.8 Å². The maximum Gasteiger partial charge on any atom is 0.255 e. The van der Waals surface area contributed by atoms with Gasteiger partial charge in [-0.05, 0) is 19.1 Å². The Morgan fingerprint density at radius 3 is 3.24 bits per heavy atom. The molecule has 1 aromatic heterocycles. The van der Waals surface area contributed by atoms with Crippen LogP contribution in [0.3, 0.4) is 0 Å². The first-order valence-corrected chi connectivity index (χ1v) is 5.75. The zero-order valence-corrected chi connectivity index (χ0v) is 9.93. The highest BCUT2D eigenvalue weighted by Crippen LogP contribution is 2.12. The molecule has 2 heterocycles. The molecule has 92 valence electrons. The molecule has 2 rings (SSSR count). The van der Waals surface area contributed by atoms with Crippen LogP contribution in [0.5, 0.6) is 0 Å². The molecule has 1 amide bonds. The standard InChI is InChI=1S/C12H17N3O2/c1-9-11(3-2-4-14-9)12(16)15-5-6-17-10(7-13)8-15/h2-4,10H,5-8,13H2,1H3/t10-/m1/s1. The summed E-state index contributed by atoms with van der Waals surface area (Å²) in [6.45, 7) is 4.00. The number of carbonyl (C=O) groups excluding carboxylic acids is 1. The van der Waals surface area contributed by atoms with Crippen molar-refractivity contribution in [2.45, 2.75) is 13.0 Å². The number of aromatic nitrogens is 1. The predicted molar refractivity (Wildman–Crippen MR) is 63.7 cm³/mol. The van der Waals surface area contributed by atoms with Crippen LogP contribution in [0, 0.1) is 6.92 Å². The molecule has 0 spiro atoms. The van der Waals surface area contributed by atoms with Gasteiger partial charge in [0.1, 0.15) is 0 Å². The summed E-state index contributed by atoms with van der Waals surface area (Å²) in [5, 5.41) is 0. The van der Waals surface area contributed by atoms with Crippen molar-refractivity contribution in [2.24, 2.45) is 5.73 Å². The topological polar surface area (TPSA) is 68.5 Å². The summed E-state index contributed by atoms with van der Waals surface area (Å²) < 4.78 is 5.44. The highest BCUT2D eigenvalue weighted by Gasteiger charge is 2.25. The zero-order chi connectivity index (χ0) is 12.3. The number of nitrogens with two attached hydrogens (primary N) is 1. The van der Waals surface area contributed by atoms with Crippen LogP contribution in [0.1, 0.15) is 16.1 Å². The molecule has 2 N–H and O–H groups in total. The molecule has 1 saturated heterocycles. The lowest BCUT2D eigenvalue weighted by Crippen LogP contribution is -2.48. The first kappa shape index (κ1) is 12.0. The van der Waals surface area contributed by atoms with E-state index in [-0.39, 0.29) is 12.0 Å². The Bertz CT molecular complexity index is 408. The number of ether oxygens (including phenoxy) is 1. The quantitative estimate of drug-likeness (QED) is 0.794. The van der Waals surface area contributed by atoms with E-state index in [1.807, 2.05) is 6.92 Å². The lowest BCUT2D eigenvalue weighted by Gasteiger charge is -2.32. The molecular formula is C12H17N3O2. The van der Waals surface area contributed by atoms with E-state index in [1.165, 1.54) is 0 Å². The third kappa shape index (κ3) is 2.62. The Kier molecular flexibility index (Phi) is 3.71. The maximum absolute atomic E-state index is 12.3. The summed E-state index contributed by atoms with van der Waals surface area (Å²) >= 11 is 0. The minimum absolute atomic E-state index is 0.0114. The normalized spacial score (nSPS) is 20.4.